The number of carbonyl (C=O) groups excluding carboxylic acids is 2. The van der Waals surface area contributed by atoms with Crippen molar-refractivity contribution < 1.29 is 14.3 Å². The van der Waals surface area contributed by atoms with E-state index in [2.05, 4.69) is 10.1 Å². The van der Waals surface area contributed by atoms with Crippen LogP contribution in [0.1, 0.15) is 34.1 Å². The van der Waals surface area contributed by atoms with Crippen molar-refractivity contribution in [2.75, 3.05) is 7.11 Å². The molecular formula is C11H22N2O3. The molecule has 3 N–H and O–H groups in total. The average Bonchev–Trinajstić information content (AvgIpc) is 2.13. The number of amides is 1. The van der Waals surface area contributed by atoms with E-state index in [-0.39, 0.29) is 11.8 Å². The lowest BCUT2D eigenvalue weighted by molar-refractivity contribution is -0.146. The number of rotatable bonds is 5. The van der Waals surface area contributed by atoms with E-state index in [1.807, 2.05) is 13.8 Å². The molecule has 16 heavy (non-hydrogen) atoms. The Hall–Kier alpha value is -1.10. The van der Waals surface area contributed by atoms with Crippen LogP contribution in [0.3, 0.4) is 0 Å². The number of carbonyl (C=O) groups is 2. The van der Waals surface area contributed by atoms with E-state index in [1.165, 1.54) is 7.11 Å². The average molecular weight is 230 g/mol. The predicted octanol–water partition coefficient (Wildman–Crippen LogP) is 0.428. The molecule has 0 aromatic carbocycles. The molecule has 0 aliphatic rings. The Morgan fingerprint density at radius 3 is 2.19 bits per heavy atom. The van der Waals surface area contributed by atoms with Gasteiger partial charge < -0.3 is 15.8 Å². The van der Waals surface area contributed by atoms with Crippen LogP contribution < -0.4 is 11.1 Å². The van der Waals surface area contributed by atoms with Gasteiger partial charge in [-0.05, 0) is 26.2 Å². The van der Waals surface area contributed by atoms with Crippen molar-refractivity contribution in [3.63, 3.8) is 0 Å². The van der Waals surface area contributed by atoms with E-state index in [9.17, 15) is 9.59 Å². The number of esters is 1. The van der Waals surface area contributed by atoms with E-state index in [1.54, 1.807) is 13.8 Å². The summed E-state index contributed by atoms with van der Waals surface area (Å²) in [5.74, 6) is -0.514. The lowest BCUT2D eigenvalue weighted by Crippen LogP contribution is -2.54. The summed E-state index contributed by atoms with van der Waals surface area (Å²) in [6, 6.07) is -0.625. The molecule has 0 radical (unpaired) electrons. The standard InChI is InChI=1S/C11H22N2O3/c1-7(2)6-8(9(14)16-5)13-10(15)11(3,4)12/h7-8H,6,12H2,1-5H3,(H,13,15). The Morgan fingerprint density at radius 2 is 1.88 bits per heavy atom. The Labute approximate surface area is 96.7 Å². The fourth-order valence-corrected chi connectivity index (χ4v) is 1.17. The van der Waals surface area contributed by atoms with Crippen LogP contribution in [-0.2, 0) is 14.3 Å². The highest BCUT2D eigenvalue weighted by atomic mass is 16.5. The van der Waals surface area contributed by atoms with E-state index >= 15 is 0 Å². The molecule has 1 unspecified atom stereocenters. The maximum absolute atomic E-state index is 11.6. The van der Waals surface area contributed by atoms with Crippen LogP contribution in [0.2, 0.25) is 0 Å². The minimum absolute atomic E-state index is 0.283. The first-order valence-electron chi connectivity index (χ1n) is 5.36. The summed E-state index contributed by atoms with van der Waals surface area (Å²) in [7, 11) is 1.30. The first-order chi connectivity index (χ1) is 7.18. The van der Waals surface area contributed by atoms with Crippen LogP contribution in [-0.4, -0.2) is 30.6 Å². The normalized spacial score (nSPS) is 13.4. The van der Waals surface area contributed by atoms with Crippen LogP contribution in [0.4, 0.5) is 0 Å². The molecule has 0 aliphatic carbocycles. The minimum Gasteiger partial charge on any atom is -0.467 e. The van der Waals surface area contributed by atoms with Gasteiger partial charge in [-0.1, -0.05) is 13.8 Å². The Bertz CT molecular complexity index is 256. The van der Waals surface area contributed by atoms with Crippen molar-refractivity contribution in [1.82, 2.24) is 5.32 Å². The quantitative estimate of drug-likeness (QED) is 0.671. The predicted molar refractivity (Wildman–Crippen MR) is 61.7 cm³/mol. The fourth-order valence-electron chi connectivity index (χ4n) is 1.17. The smallest absolute Gasteiger partial charge is 0.328 e. The molecule has 5 heteroatoms. The van der Waals surface area contributed by atoms with Crippen molar-refractivity contribution in [1.29, 1.82) is 0 Å². The summed E-state index contributed by atoms with van der Waals surface area (Å²) in [6.45, 7) is 7.11. The summed E-state index contributed by atoms with van der Waals surface area (Å²) >= 11 is 0. The topological polar surface area (TPSA) is 81.4 Å². The molecule has 0 saturated heterocycles. The van der Waals surface area contributed by atoms with E-state index in [4.69, 9.17) is 5.73 Å². The number of hydrogen-bond donors (Lipinski definition) is 2. The van der Waals surface area contributed by atoms with E-state index in [0.29, 0.717) is 6.42 Å². The molecule has 1 amide bonds. The molecular weight excluding hydrogens is 208 g/mol. The third kappa shape index (κ3) is 5.11. The van der Waals surface area contributed by atoms with Crippen molar-refractivity contribution in [2.45, 2.75) is 45.7 Å². The highest BCUT2D eigenvalue weighted by molar-refractivity contribution is 5.89. The minimum atomic E-state index is -0.997. The zero-order valence-corrected chi connectivity index (χ0v) is 10.7. The van der Waals surface area contributed by atoms with Crippen LogP contribution in [0.25, 0.3) is 0 Å². The first kappa shape index (κ1) is 14.9. The van der Waals surface area contributed by atoms with Crippen LogP contribution in [0, 0.1) is 5.92 Å². The zero-order chi connectivity index (χ0) is 12.9. The lowest BCUT2D eigenvalue weighted by Gasteiger charge is -2.23. The van der Waals surface area contributed by atoms with Gasteiger partial charge in [-0.15, -0.1) is 0 Å². The second-order valence-corrected chi connectivity index (χ2v) is 4.90. The largest absolute Gasteiger partial charge is 0.467 e. The molecule has 0 rings (SSSR count). The first-order valence-corrected chi connectivity index (χ1v) is 5.36. The maximum Gasteiger partial charge on any atom is 0.328 e. The molecule has 0 aromatic heterocycles. The highest BCUT2D eigenvalue weighted by Gasteiger charge is 2.28. The molecule has 5 nitrogen and oxygen atoms in total. The number of nitrogens with one attached hydrogen (secondary N) is 1. The molecule has 0 saturated carbocycles. The molecule has 1 atom stereocenters. The number of ether oxygens (including phenoxy) is 1. The number of hydrogen-bond acceptors (Lipinski definition) is 4. The van der Waals surface area contributed by atoms with Gasteiger partial charge in [-0.3, -0.25) is 4.79 Å². The van der Waals surface area contributed by atoms with Gasteiger partial charge in [0.05, 0.1) is 12.6 Å². The van der Waals surface area contributed by atoms with Crippen LogP contribution in [0.15, 0.2) is 0 Å². The summed E-state index contributed by atoms with van der Waals surface area (Å²) in [4.78, 5) is 23.1. The molecule has 0 fully saturated rings. The van der Waals surface area contributed by atoms with Gasteiger partial charge in [-0.25, -0.2) is 4.79 Å². The number of nitrogens with two attached hydrogens (primary N) is 1. The molecule has 0 aromatic rings. The van der Waals surface area contributed by atoms with Crippen molar-refractivity contribution in [3.05, 3.63) is 0 Å². The Morgan fingerprint density at radius 1 is 1.38 bits per heavy atom. The monoisotopic (exact) mass is 230 g/mol. The fraction of sp³-hybridized carbons (Fsp3) is 0.818. The lowest BCUT2D eigenvalue weighted by atomic mass is 10.0. The molecule has 94 valence electrons. The number of methoxy groups -OCH3 is 1. The third-order valence-electron chi connectivity index (χ3n) is 2.08. The van der Waals surface area contributed by atoms with Gasteiger partial charge in [0.1, 0.15) is 6.04 Å². The van der Waals surface area contributed by atoms with Crippen molar-refractivity contribution >= 4 is 11.9 Å². The summed E-state index contributed by atoms with van der Waals surface area (Å²) in [6.07, 6.45) is 0.536. The second kappa shape index (κ2) is 5.84. The SMILES string of the molecule is COC(=O)C(CC(C)C)NC(=O)C(C)(C)N. The highest BCUT2D eigenvalue weighted by Crippen LogP contribution is 2.07. The second-order valence-electron chi connectivity index (χ2n) is 4.90. The van der Waals surface area contributed by atoms with Gasteiger partial charge in [0, 0.05) is 0 Å². The summed E-state index contributed by atoms with van der Waals surface area (Å²) in [5, 5.41) is 2.60. The third-order valence-corrected chi connectivity index (χ3v) is 2.08. The van der Waals surface area contributed by atoms with Gasteiger partial charge in [0.2, 0.25) is 5.91 Å². The van der Waals surface area contributed by atoms with Crippen molar-refractivity contribution in [2.24, 2.45) is 11.7 Å². The summed E-state index contributed by atoms with van der Waals surface area (Å²) in [5.41, 5.74) is 4.64. The van der Waals surface area contributed by atoms with E-state index in [0.717, 1.165) is 0 Å². The molecule has 0 aliphatic heterocycles. The zero-order valence-electron chi connectivity index (χ0n) is 10.7. The Kier molecular flexibility index (Phi) is 5.44. The molecule has 0 spiro atoms. The van der Waals surface area contributed by atoms with Crippen molar-refractivity contribution in [3.8, 4) is 0 Å². The van der Waals surface area contributed by atoms with Crippen LogP contribution in [0.5, 0.6) is 0 Å². The molecule has 0 heterocycles. The maximum atomic E-state index is 11.6. The molecule has 0 bridgehead atoms. The summed E-state index contributed by atoms with van der Waals surface area (Å²) < 4.78 is 4.63. The van der Waals surface area contributed by atoms with Gasteiger partial charge in [0.15, 0.2) is 0 Å². The Balaban J connectivity index is 4.55. The van der Waals surface area contributed by atoms with Gasteiger partial charge in [0.25, 0.3) is 0 Å². The van der Waals surface area contributed by atoms with Gasteiger partial charge in [-0.2, -0.15) is 0 Å². The van der Waals surface area contributed by atoms with E-state index < -0.39 is 17.6 Å². The van der Waals surface area contributed by atoms with Gasteiger partial charge >= 0.3 is 5.97 Å². The van der Waals surface area contributed by atoms with Crippen LogP contribution >= 0.6 is 0 Å².